The van der Waals surface area contributed by atoms with Crippen LogP contribution in [0.15, 0.2) is 71.5 Å². The summed E-state index contributed by atoms with van der Waals surface area (Å²) in [5.74, 6) is -0.204. The second-order valence-electron chi connectivity index (χ2n) is 6.84. The van der Waals surface area contributed by atoms with Crippen LogP contribution in [0.3, 0.4) is 0 Å². The Morgan fingerprint density at radius 2 is 1.78 bits per heavy atom. The minimum atomic E-state index is -0.773. The number of aromatic nitrogens is 2. The van der Waals surface area contributed by atoms with Crippen LogP contribution < -0.4 is 15.0 Å². The molecule has 0 radical (unpaired) electrons. The zero-order valence-corrected chi connectivity index (χ0v) is 17.1. The number of esters is 1. The minimum absolute atomic E-state index is 0.165. The Hall–Kier alpha value is -4.53. The van der Waals surface area contributed by atoms with E-state index in [4.69, 9.17) is 9.47 Å². The summed E-state index contributed by atoms with van der Waals surface area (Å²) in [4.78, 5) is 40.6. The van der Waals surface area contributed by atoms with Crippen molar-refractivity contribution in [1.82, 2.24) is 9.55 Å². The Morgan fingerprint density at radius 3 is 2.47 bits per heavy atom. The van der Waals surface area contributed by atoms with Gasteiger partial charge in [-0.05, 0) is 55.5 Å². The molecule has 0 aliphatic carbocycles. The topological polar surface area (TPSA) is 114 Å². The molecule has 0 aliphatic rings. The van der Waals surface area contributed by atoms with Gasteiger partial charge in [0.05, 0.1) is 40.3 Å². The number of benzene rings is 3. The molecule has 0 aliphatic heterocycles. The van der Waals surface area contributed by atoms with E-state index in [-0.39, 0.29) is 22.6 Å². The first-order valence-electron chi connectivity index (χ1n) is 9.52. The van der Waals surface area contributed by atoms with E-state index in [1.807, 2.05) is 6.07 Å². The van der Waals surface area contributed by atoms with E-state index in [1.165, 1.54) is 42.0 Å². The second-order valence-corrected chi connectivity index (χ2v) is 6.84. The van der Waals surface area contributed by atoms with Crippen molar-refractivity contribution < 1.29 is 19.2 Å². The summed E-state index contributed by atoms with van der Waals surface area (Å²) in [6, 6.07) is 17.1. The monoisotopic (exact) mass is 431 g/mol. The Bertz CT molecular complexity index is 1410. The van der Waals surface area contributed by atoms with Gasteiger partial charge in [-0.2, -0.15) is 0 Å². The van der Waals surface area contributed by atoms with Gasteiger partial charge >= 0.3 is 11.7 Å². The third-order valence-electron chi connectivity index (χ3n) is 4.87. The maximum atomic E-state index is 12.9. The van der Waals surface area contributed by atoms with Crippen LogP contribution in [0, 0.1) is 17.0 Å². The fourth-order valence-electron chi connectivity index (χ4n) is 3.31. The van der Waals surface area contributed by atoms with Gasteiger partial charge in [-0.25, -0.2) is 9.78 Å². The minimum Gasteiger partial charge on any atom is -0.496 e. The van der Waals surface area contributed by atoms with Gasteiger partial charge in [0.1, 0.15) is 11.6 Å². The number of hydrogen-bond acceptors (Lipinski definition) is 7. The number of carbonyl (C=O) groups is 1. The van der Waals surface area contributed by atoms with E-state index in [0.717, 1.165) is 0 Å². The van der Waals surface area contributed by atoms with Crippen LogP contribution in [-0.4, -0.2) is 27.6 Å². The lowest BCUT2D eigenvalue weighted by molar-refractivity contribution is -0.385. The quantitative estimate of drug-likeness (QED) is 0.204. The summed E-state index contributed by atoms with van der Waals surface area (Å²) >= 11 is 0. The van der Waals surface area contributed by atoms with Gasteiger partial charge in [0.25, 0.3) is 5.56 Å². The van der Waals surface area contributed by atoms with Crippen LogP contribution in [0.1, 0.15) is 16.2 Å². The fourth-order valence-corrected chi connectivity index (χ4v) is 3.31. The molecule has 0 saturated heterocycles. The molecule has 3 aromatic carbocycles. The van der Waals surface area contributed by atoms with Gasteiger partial charge in [0.2, 0.25) is 5.75 Å². The number of nitro benzene ring substituents is 1. The second kappa shape index (κ2) is 8.31. The van der Waals surface area contributed by atoms with Crippen LogP contribution in [0.25, 0.3) is 16.6 Å². The van der Waals surface area contributed by atoms with Crippen molar-refractivity contribution in [1.29, 1.82) is 0 Å². The molecule has 0 saturated carbocycles. The zero-order chi connectivity index (χ0) is 22.8. The van der Waals surface area contributed by atoms with Gasteiger partial charge < -0.3 is 9.47 Å². The molecule has 32 heavy (non-hydrogen) atoms. The molecule has 0 fully saturated rings. The number of ether oxygens (including phenoxy) is 2. The number of carbonyl (C=O) groups excluding carboxylic acids is 1. The zero-order valence-electron chi connectivity index (χ0n) is 17.1. The molecule has 1 aromatic heterocycles. The van der Waals surface area contributed by atoms with Crippen molar-refractivity contribution in [2.24, 2.45) is 0 Å². The average Bonchev–Trinajstić information content (AvgIpc) is 2.79. The summed E-state index contributed by atoms with van der Waals surface area (Å²) in [6.45, 7) is 1.72. The Morgan fingerprint density at radius 1 is 1.06 bits per heavy atom. The Kier molecular flexibility index (Phi) is 5.38. The normalized spacial score (nSPS) is 10.7. The smallest absolute Gasteiger partial charge is 0.343 e. The van der Waals surface area contributed by atoms with Crippen LogP contribution in [0.4, 0.5) is 5.69 Å². The number of para-hydroxylation sites is 1. The number of rotatable bonds is 5. The predicted molar refractivity (Wildman–Crippen MR) is 117 cm³/mol. The van der Waals surface area contributed by atoms with Crippen molar-refractivity contribution in [3.63, 3.8) is 0 Å². The predicted octanol–water partition coefficient (Wildman–Crippen LogP) is 3.83. The molecule has 0 atom stereocenters. The lowest BCUT2D eigenvalue weighted by atomic mass is 10.2. The number of nitrogens with zero attached hydrogens (tertiary/aromatic N) is 3. The van der Waals surface area contributed by atoms with Gasteiger partial charge in [-0.1, -0.05) is 12.1 Å². The van der Waals surface area contributed by atoms with Crippen LogP contribution in [0.5, 0.6) is 11.5 Å². The first kappa shape index (κ1) is 20.7. The molecule has 9 heteroatoms. The highest BCUT2D eigenvalue weighted by atomic mass is 16.6. The molecule has 0 amide bonds. The molecule has 0 unspecified atom stereocenters. The summed E-state index contributed by atoms with van der Waals surface area (Å²) < 4.78 is 11.6. The molecular weight excluding hydrogens is 414 g/mol. The Balaban J connectivity index is 1.64. The standard InChI is InChI=1S/C23H17N3O6/c1-14-24-19-6-4-3-5-18(19)22(27)25(14)16-9-7-15(8-10-16)23(28)32-21-12-11-17(31-2)13-20(21)26(29)30/h3-13H,1-2H3. The number of methoxy groups -OCH3 is 1. The molecule has 0 N–H and O–H groups in total. The SMILES string of the molecule is COc1ccc(OC(=O)c2ccc(-n3c(C)nc4ccccc4c3=O)cc2)c([N+](=O)[O-])c1. The van der Waals surface area contributed by atoms with E-state index >= 15 is 0 Å². The summed E-state index contributed by atoms with van der Waals surface area (Å²) in [7, 11) is 1.38. The molecule has 160 valence electrons. The summed E-state index contributed by atoms with van der Waals surface area (Å²) in [5, 5.41) is 11.8. The highest BCUT2D eigenvalue weighted by Gasteiger charge is 2.20. The van der Waals surface area contributed by atoms with E-state index in [2.05, 4.69) is 4.98 Å². The third kappa shape index (κ3) is 3.79. The molecular formula is C23H17N3O6. The highest BCUT2D eigenvalue weighted by Crippen LogP contribution is 2.31. The van der Waals surface area contributed by atoms with E-state index in [0.29, 0.717) is 22.4 Å². The number of fused-ring (bicyclic) bond motifs is 1. The van der Waals surface area contributed by atoms with Gasteiger partial charge in [-0.3, -0.25) is 19.5 Å². The van der Waals surface area contributed by atoms with Gasteiger partial charge in [0.15, 0.2) is 0 Å². The maximum absolute atomic E-state index is 12.9. The van der Waals surface area contributed by atoms with Crippen LogP contribution in [-0.2, 0) is 0 Å². The highest BCUT2D eigenvalue weighted by molar-refractivity contribution is 5.91. The lowest BCUT2D eigenvalue weighted by Crippen LogP contribution is -2.22. The first-order chi connectivity index (χ1) is 15.4. The van der Waals surface area contributed by atoms with E-state index in [9.17, 15) is 19.7 Å². The Labute approximate surface area is 181 Å². The number of nitro groups is 1. The van der Waals surface area contributed by atoms with Gasteiger partial charge in [0, 0.05) is 0 Å². The molecule has 4 aromatic rings. The average molecular weight is 431 g/mol. The molecule has 9 nitrogen and oxygen atoms in total. The number of aryl methyl sites for hydroxylation is 1. The van der Waals surface area contributed by atoms with E-state index in [1.54, 1.807) is 37.3 Å². The largest absolute Gasteiger partial charge is 0.496 e. The fraction of sp³-hybridized carbons (Fsp3) is 0.0870. The summed E-state index contributed by atoms with van der Waals surface area (Å²) in [6.07, 6.45) is 0. The third-order valence-corrected chi connectivity index (χ3v) is 4.87. The molecule has 4 rings (SSSR count). The molecule has 0 bridgehead atoms. The van der Waals surface area contributed by atoms with Crippen molar-refractivity contribution in [2.75, 3.05) is 7.11 Å². The van der Waals surface area contributed by atoms with Crippen LogP contribution >= 0.6 is 0 Å². The summed E-state index contributed by atoms with van der Waals surface area (Å²) in [5.41, 5.74) is 0.680. The van der Waals surface area contributed by atoms with Crippen LogP contribution in [0.2, 0.25) is 0 Å². The molecule has 1 heterocycles. The van der Waals surface area contributed by atoms with Gasteiger partial charge in [-0.15, -0.1) is 0 Å². The van der Waals surface area contributed by atoms with Crippen molar-refractivity contribution in [3.8, 4) is 17.2 Å². The maximum Gasteiger partial charge on any atom is 0.343 e. The van der Waals surface area contributed by atoms with Crippen molar-refractivity contribution >= 4 is 22.6 Å². The van der Waals surface area contributed by atoms with E-state index < -0.39 is 16.6 Å². The first-order valence-corrected chi connectivity index (χ1v) is 9.52. The molecule has 0 spiro atoms. The van der Waals surface area contributed by atoms with Crippen molar-refractivity contribution in [2.45, 2.75) is 6.92 Å². The lowest BCUT2D eigenvalue weighted by Gasteiger charge is -2.11. The van der Waals surface area contributed by atoms with Crippen molar-refractivity contribution in [3.05, 3.63) is 98.6 Å². The number of hydrogen-bond donors (Lipinski definition) is 0.